The summed E-state index contributed by atoms with van der Waals surface area (Å²) in [6.45, 7) is 4.85. The largest absolute Gasteiger partial charge is 0.489 e. The van der Waals surface area contributed by atoms with E-state index < -0.39 is 0 Å². The topological polar surface area (TPSA) is 38.3 Å². The van der Waals surface area contributed by atoms with Crippen molar-refractivity contribution in [2.75, 3.05) is 7.05 Å². The lowest BCUT2D eigenvalue weighted by Gasteiger charge is -2.09. The van der Waals surface area contributed by atoms with Crippen molar-refractivity contribution in [1.82, 2.24) is 5.32 Å². The van der Waals surface area contributed by atoms with Crippen LogP contribution in [-0.2, 0) is 6.61 Å². The van der Waals surface area contributed by atoms with Crippen molar-refractivity contribution in [3.8, 4) is 5.75 Å². The molecule has 0 spiro atoms. The Morgan fingerprint density at radius 3 is 2.48 bits per heavy atom. The van der Waals surface area contributed by atoms with Crippen LogP contribution >= 0.6 is 0 Å². The Morgan fingerprint density at radius 2 is 1.86 bits per heavy atom. The van der Waals surface area contributed by atoms with Gasteiger partial charge in [-0.3, -0.25) is 4.79 Å². The van der Waals surface area contributed by atoms with Crippen LogP contribution in [0.25, 0.3) is 0 Å². The molecule has 1 amide bonds. The third-order valence-electron chi connectivity index (χ3n) is 3.38. The molecule has 2 aromatic rings. The molecule has 0 radical (unpaired) electrons. The first-order valence-corrected chi connectivity index (χ1v) is 7.14. The fourth-order valence-corrected chi connectivity index (χ4v) is 2.04. The molecule has 2 aromatic carbocycles. The highest BCUT2D eigenvalue weighted by Crippen LogP contribution is 2.17. The average molecular weight is 283 g/mol. The molecule has 2 rings (SSSR count). The second kappa shape index (κ2) is 6.93. The molecular formula is C18H21NO2. The zero-order chi connectivity index (χ0) is 15.2. The van der Waals surface area contributed by atoms with Crippen molar-refractivity contribution in [1.29, 1.82) is 0 Å². The molecule has 0 aliphatic rings. The highest BCUT2D eigenvalue weighted by molar-refractivity contribution is 5.94. The third-order valence-corrected chi connectivity index (χ3v) is 3.38. The molecule has 0 heterocycles. The van der Waals surface area contributed by atoms with Crippen LogP contribution in [-0.4, -0.2) is 13.0 Å². The minimum absolute atomic E-state index is 0.110. The fraction of sp³-hybridized carbons (Fsp3) is 0.278. The highest BCUT2D eigenvalue weighted by atomic mass is 16.5. The van der Waals surface area contributed by atoms with E-state index in [9.17, 15) is 4.79 Å². The van der Waals surface area contributed by atoms with Crippen LogP contribution in [0.3, 0.4) is 0 Å². The van der Waals surface area contributed by atoms with E-state index in [-0.39, 0.29) is 5.91 Å². The molecule has 3 nitrogen and oxygen atoms in total. The van der Waals surface area contributed by atoms with Crippen molar-refractivity contribution < 1.29 is 9.53 Å². The number of amides is 1. The van der Waals surface area contributed by atoms with Crippen molar-refractivity contribution in [2.45, 2.75) is 26.4 Å². The van der Waals surface area contributed by atoms with Gasteiger partial charge < -0.3 is 10.1 Å². The summed E-state index contributed by atoms with van der Waals surface area (Å²) in [4.78, 5) is 11.6. The fourth-order valence-electron chi connectivity index (χ4n) is 2.04. The van der Waals surface area contributed by atoms with E-state index in [0.717, 1.165) is 5.56 Å². The number of ether oxygens (including phenoxy) is 1. The van der Waals surface area contributed by atoms with E-state index >= 15 is 0 Å². The van der Waals surface area contributed by atoms with Crippen LogP contribution in [0.5, 0.6) is 5.75 Å². The van der Waals surface area contributed by atoms with Gasteiger partial charge in [0, 0.05) is 12.6 Å². The molecule has 0 aliphatic heterocycles. The van der Waals surface area contributed by atoms with Crippen LogP contribution in [0.4, 0.5) is 0 Å². The highest BCUT2D eigenvalue weighted by Gasteiger charge is 2.05. The number of benzene rings is 2. The first kappa shape index (κ1) is 15.1. The van der Waals surface area contributed by atoms with Gasteiger partial charge in [0.1, 0.15) is 12.4 Å². The summed E-state index contributed by atoms with van der Waals surface area (Å²) in [5.74, 6) is 1.12. The van der Waals surface area contributed by atoms with Gasteiger partial charge in [-0.15, -0.1) is 0 Å². The molecule has 0 bridgehead atoms. The summed E-state index contributed by atoms with van der Waals surface area (Å²) < 4.78 is 5.75. The van der Waals surface area contributed by atoms with Crippen molar-refractivity contribution >= 4 is 5.91 Å². The molecule has 0 saturated heterocycles. The lowest BCUT2D eigenvalue weighted by atomic mass is 10.0. The number of rotatable bonds is 5. The van der Waals surface area contributed by atoms with Gasteiger partial charge >= 0.3 is 0 Å². The summed E-state index contributed by atoms with van der Waals surface area (Å²) in [5, 5.41) is 2.60. The van der Waals surface area contributed by atoms with Gasteiger partial charge in [-0.05, 0) is 35.2 Å². The van der Waals surface area contributed by atoms with Crippen LogP contribution in [0, 0.1) is 0 Å². The molecule has 1 N–H and O–H groups in total. The Kier molecular flexibility index (Phi) is 4.99. The first-order chi connectivity index (χ1) is 10.1. The van der Waals surface area contributed by atoms with E-state index in [2.05, 4.69) is 43.4 Å². The second-order valence-electron chi connectivity index (χ2n) is 5.29. The molecule has 0 atom stereocenters. The SMILES string of the molecule is CNC(=O)c1cccc(OCc2ccc(C(C)C)cc2)c1. The average Bonchev–Trinajstić information content (AvgIpc) is 2.52. The number of carbonyl (C=O) groups excluding carboxylic acids is 1. The van der Waals surface area contributed by atoms with Crippen molar-refractivity contribution in [2.24, 2.45) is 0 Å². The van der Waals surface area contributed by atoms with Crippen LogP contribution in [0.1, 0.15) is 41.3 Å². The minimum Gasteiger partial charge on any atom is -0.489 e. The van der Waals surface area contributed by atoms with Gasteiger partial charge in [0.05, 0.1) is 0 Å². The molecule has 21 heavy (non-hydrogen) atoms. The Balaban J connectivity index is 2.01. The van der Waals surface area contributed by atoms with E-state index in [4.69, 9.17) is 4.74 Å². The van der Waals surface area contributed by atoms with E-state index in [1.807, 2.05) is 12.1 Å². The van der Waals surface area contributed by atoms with Gasteiger partial charge in [0.15, 0.2) is 0 Å². The van der Waals surface area contributed by atoms with Crippen LogP contribution in [0.2, 0.25) is 0 Å². The molecule has 0 saturated carbocycles. The van der Waals surface area contributed by atoms with E-state index in [1.165, 1.54) is 5.56 Å². The summed E-state index contributed by atoms with van der Waals surface area (Å²) in [7, 11) is 1.62. The second-order valence-corrected chi connectivity index (χ2v) is 5.29. The maximum Gasteiger partial charge on any atom is 0.251 e. The molecular weight excluding hydrogens is 262 g/mol. The van der Waals surface area contributed by atoms with Gasteiger partial charge in [-0.25, -0.2) is 0 Å². The predicted molar refractivity (Wildman–Crippen MR) is 84.7 cm³/mol. The monoisotopic (exact) mass is 283 g/mol. The maximum absolute atomic E-state index is 11.6. The lowest BCUT2D eigenvalue weighted by molar-refractivity contribution is 0.0962. The zero-order valence-electron chi connectivity index (χ0n) is 12.7. The van der Waals surface area contributed by atoms with Gasteiger partial charge in [0.25, 0.3) is 5.91 Å². The van der Waals surface area contributed by atoms with Gasteiger partial charge in [-0.1, -0.05) is 44.2 Å². The Hall–Kier alpha value is -2.29. The van der Waals surface area contributed by atoms with Crippen molar-refractivity contribution in [3.63, 3.8) is 0 Å². The normalized spacial score (nSPS) is 10.5. The number of hydrogen-bond acceptors (Lipinski definition) is 2. The summed E-state index contributed by atoms with van der Waals surface area (Å²) in [6.07, 6.45) is 0. The summed E-state index contributed by atoms with van der Waals surface area (Å²) >= 11 is 0. The maximum atomic E-state index is 11.6. The molecule has 0 unspecified atom stereocenters. The standard InChI is InChI=1S/C18H21NO2/c1-13(2)15-9-7-14(8-10-15)12-21-17-6-4-5-16(11-17)18(20)19-3/h4-11,13H,12H2,1-3H3,(H,19,20). The predicted octanol–water partition coefficient (Wildman–Crippen LogP) is 3.75. The van der Waals surface area contributed by atoms with Gasteiger partial charge in [0.2, 0.25) is 0 Å². The molecule has 0 aliphatic carbocycles. The van der Waals surface area contributed by atoms with E-state index in [0.29, 0.717) is 23.8 Å². The number of hydrogen-bond donors (Lipinski definition) is 1. The van der Waals surface area contributed by atoms with E-state index in [1.54, 1.807) is 19.2 Å². The lowest BCUT2D eigenvalue weighted by Crippen LogP contribution is -2.17. The Bertz CT molecular complexity index is 603. The van der Waals surface area contributed by atoms with Crippen LogP contribution in [0.15, 0.2) is 48.5 Å². The zero-order valence-corrected chi connectivity index (χ0v) is 12.7. The minimum atomic E-state index is -0.110. The summed E-state index contributed by atoms with van der Waals surface area (Å²) in [5.41, 5.74) is 3.04. The Morgan fingerprint density at radius 1 is 1.14 bits per heavy atom. The summed E-state index contributed by atoms with van der Waals surface area (Å²) in [6, 6.07) is 15.6. The van der Waals surface area contributed by atoms with Crippen molar-refractivity contribution in [3.05, 3.63) is 65.2 Å². The van der Waals surface area contributed by atoms with Crippen LogP contribution < -0.4 is 10.1 Å². The quantitative estimate of drug-likeness (QED) is 0.907. The Labute approximate surface area is 126 Å². The smallest absolute Gasteiger partial charge is 0.251 e. The molecule has 0 aromatic heterocycles. The number of carbonyl (C=O) groups is 1. The molecule has 110 valence electrons. The third kappa shape index (κ3) is 4.09. The molecule has 0 fully saturated rings. The number of nitrogens with one attached hydrogen (secondary N) is 1. The van der Waals surface area contributed by atoms with Gasteiger partial charge in [-0.2, -0.15) is 0 Å². The molecule has 3 heteroatoms. The first-order valence-electron chi connectivity index (χ1n) is 7.14.